The van der Waals surface area contributed by atoms with Crippen LogP contribution < -0.4 is 21.7 Å². The van der Waals surface area contributed by atoms with Crippen LogP contribution in [-0.4, -0.2) is 87.9 Å². The molecule has 1 saturated heterocycles. The lowest BCUT2D eigenvalue weighted by Crippen LogP contribution is -2.49. The van der Waals surface area contributed by atoms with Gasteiger partial charge in [0, 0.05) is 44.5 Å². The maximum absolute atomic E-state index is 12.0. The van der Waals surface area contributed by atoms with E-state index in [1.807, 2.05) is 18.3 Å². The summed E-state index contributed by atoms with van der Waals surface area (Å²) >= 11 is 0. The van der Waals surface area contributed by atoms with Crippen molar-refractivity contribution in [2.24, 2.45) is 5.90 Å². The highest BCUT2D eigenvalue weighted by Crippen LogP contribution is 2.28. The molecule has 0 radical (unpaired) electrons. The summed E-state index contributed by atoms with van der Waals surface area (Å²) in [5, 5.41) is 13.3. The third-order valence-corrected chi connectivity index (χ3v) is 7.12. The summed E-state index contributed by atoms with van der Waals surface area (Å²) in [4.78, 5) is 29.5. The molecular formula is C27H40N8O4. The molecule has 39 heavy (non-hydrogen) atoms. The van der Waals surface area contributed by atoms with Crippen molar-refractivity contribution in [1.29, 1.82) is 0 Å². The highest BCUT2D eigenvalue weighted by Gasteiger charge is 2.22. The maximum atomic E-state index is 12.0. The number of aliphatic hydroxyl groups excluding tert-OH is 1. The number of fused-ring (bicyclic) bond motifs is 1. The normalized spacial score (nSPS) is 15.0. The molecule has 1 amide bonds. The van der Waals surface area contributed by atoms with Crippen molar-refractivity contribution < 1.29 is 19.5 Å². The third-order valence-electron chi connectivity index (χ3n) is 7.12. The van der Waals surface area contributed by atoms with Crippen molar-refractivity contribution in [3.05, 3.63) is 41.6 Å². The Morgan fingerprint density at radius 3 is 2.67 bits per heavy atom. The molecule has 1 aromatic carbocycles. The smallest absolute Gasteiger partial charge is 0.250 e. The van der Waals surface area contributed by atoms with Gasteiger partial charge in [-0.3, -0.25) is 14.5 Å². The van der Waals surface area contributed by atoms with E-state index in [2.05, 4.69) is 48.6 Å². The number of amides is 1. The quantitative estimate of drug-likeness (QED) is 0.235. The topological polar surface area (TPSA) is 157 Å². The molecule has 6 N–H and O–H groups in total. The van der Waals surface area contributed by atoms with Crippen LogP contribution in [0.2, 0.25) is 0 Å². The number of piperazine rings is 1. The number of hydrogen-bond acceptors (Lipinski definition) is 10. The molecule has 3 heterocycles. The van der Waals surface area contributed by atoms with Gasteiger partial charge in [0.05, 0.1) is 31.8 Å². The highest BCUT2D eigenvalue weighted by atomic mass is 16.6. The van der Waals surface area contributed by atoms with Crippen LogP contribution in [0.1, 0.15) is 37.3 Å². The largest absolute Gasteiger partial charge is 0.496 e. The Balaban J connectivity index is 1.53. The van der Waals surface area contributed by atoms with Crippen LogP contribution in [0.4, 0.5) is 11.8 Å². The zero-order valence-corrected chi connectivity index (χ0v) is 22.8. The van der Waals surface area contributed by atoms with Crippen molar-refractivity contribution in [2.45, 2.75) is 45.3 Å². The van der Waals surface area contributed by atoms with Crippen molar-refractivity contribution >= 4 is 28.7 Å². The minimum atomic E-state index is -0.123. The zero-order valence-electron chi connectivity index (χ0n) is 22.8. The second-order valence-corrected chi connectivity index (χ2v) is 9.89. The number of carbonyl (C=O) groups excluding carboxylic acids is 1. The predicted molar refractivity (Wildman–Crippen MR) is 150 cm³/mol. The highest BCUT2D eigenvalue weighted by molar-refractivity contribution is 5.87. The van der Waals surface area contributed by atoms with Gasteiger partial charge in [0.25, 0.3) is 5.91 Å². The van der Waals surface area contributed by atoms with E-state index >= 15 is 0 Å². The number of benzene rings is 1. The number of unbranched alkanes of at least 4 members (excludes halogenated alkanes) is 1. The Kier molecular flexibility index (Phi) is 9.93. The standard InChI is InChI=1S/C27H40N8O4/c1-3-4-5-21(17-36)30-26-25-22(31-27(28)32-26)8-9-35(25)16-20-14-19(6-7-23(20)38-2)15-33-10-12-34(13-11-33)24(37)18-39-29/h6-9,14,21,36H,3-5,10-13,15-18,29H2,1-2H3,(H3,28,30,31,32). The fourth-order valence-electron chi connectivity index (χ4n) is 5.02. The number of nitrogens with two attached hydrogens (primary N) is 2. The van der Waals surface area contributed by atoms with E-state index in [-0.39, 0.29) is 31.1 Å². The van der Waals surface area contributed by atoms with E-state index in [0.717, 1.165) is 66.8 Å². The number of aliphatic hydroxyl groups is 1. The van der Waals surface area contributed by atoms with Crippen LogP contribution in [0.15, 0.2) is 30.5 Å². The fraction of sp³-hybridized carbons (Fsp3) is 0.519. The molecule has 1 unspecified atom stereocenters. The SMILES string of the molecule is CCCCC(CO)Nc1nc(N)nc2ccn(Cc3cc(CN4CCN(C(=O)CON)CC4)ccc3OC)c12. The van der Waals surface area contributed by atoms with Gasteiger partial charge in [-0.1, -0.05) is 25.8 Å². The van der Waals surface area contributed by atoms with E-state index in [0.29, 0.717) is 25.5 Å². The number of nitrogens with one attached hydrogen (secondary N) is 1. The third kappa shape index (κ3) is 7.15. The molecule has 1 atom stereocenters. The molecular weight excluding hydrogens is 500 g/mol. The number of aromatic nitrogens is 3. The van der Waals surface area contributed by atoms with Crippen LogP contribution in [0.5, 0.6) is 5.75 Å². The number of ether oxygens (including phenoxy) is 1. The van der Waals surface area contributed by atoms with Gasteiger partial charge in [-0.15, -0.1) is 0 Å². The van der Waals surface area contributed by atoms with Gasteiger partial charge in [0.2, 0.25) is 5.95 Å². The summed E-state index contributed by atoms with van der Waals surface area (Å²) in [6, 6.07) is 8.03. The zero-order chi connectivity index (χ0) is 27.8. The lowest BCUT2D eigenvalue weighted by Gasteiger charge is -2.34. The summed E-state index contributed by atoms with van der Waals surface area (Å²) in [6.07, 6.45) is 4.85. The molecule has 0 saturated carbocycles. The lowest BCUT2D eigenvalue weighted by molar-refractivity contribution is -0.138. The number of carbonyl (C=O) groups is 1. The number of rotatable bonds is 13. The van der Waals surface area contributed by atoms with E-state index in [1.165, 1.54) is 0 Å². The van der Waals surface area contributed by atoms with Gasteiger partial charge in [-0.2, -0.15) is 4.98 Å². The van der Waals surface area contributed by atoms with Crippen molar-refractivity contribution in [2.75, 3.05) is 57.6 Å². The number of methoxy groups -OCH3 is 1. The Morgan fingerprint density at radius 1 is 1.18 bits per heavy atom. The molecule has 212 valence electrons. The van der Waals surface area contributed by atoms with Gasteiger partial charge >= 0.3 is 0 Å². The van der Waals surface area contributed by atoms with E-state index in [9.17, 15) is 9.90 Å². The van der Waals surface area contributed by atoms with E-state index in [1.54, 1.807) is 12.0 Å². The Bertz CT molecular complexity index is 1240. The molecule has 1 fully saturated rings. The first-order valence-corrected chi connectivity index (χ1v) is 13.4. The number of anilines is 2. The number of nitrogen functional groups attached to an aromatic ring is 1. The lowest BCUT2D eigenvalue weighted by atomic mass is 10.1. The molecule has 0 spiro atoms. The summed E-state index contributed by atoms with van der Waals surface area (Å²) in [5.74, 6) is 6.55. The summed E-state index contributed by atoms with van der Waals surface area (Å²) < 4.78 is 7.78. The van der Waals surface area contributed by atoms with E-state index < -0.39 is 0 Å². The first kappa shape index (κ1) is 28.6. The van der Waals surface area contributed by atoms with Crippen molar-refractivity contribution in [3.63, 3.8) is 0 Å². The van der Waals surface area contributed by atoms with Gasteiger partial charge in [0.1, 0.15) is 17.9 Å². The van der Waals surface area contributed by atoms with Gasteiger partial charge in [-0.05, 0) is 30.2 Å². The first-order valence-electron chi connectivity index (χ1n) is 13.4. The number of hydrogen-bond donors (Lipinski definition) is 4. The molecule has 1 aliphatic heterocycles. The molecule has 1 aliphatic rings. The van der Waals surface area contributed by atoms with Gasteiger partial charge in [-0.25, -0.2) is 10.9 Å². The monoisotopic (exact) mass is 540 g/mol. The average molecular weight is 541 g/mol. The minimum absolute atomic E-state index is 0.00515. The second kappa shape index (κ2) is 13.6. The van der Waals surface area contributed by atoms with Crippen LogP contribution in [0.25, 0.3) is 11.0 Å². The van der Waals surface area contributed by atoms with Crippen molar-refractivity contribution in [3.8, 4) is 5.75 Å². The van der Waals surface area contributed by atoms with Crippen molar-refractivity contribution in [1.82, 2.24) is 24.3 Å². The Morgan fingerprint density at radius 2 is 1.97 bits per heavy atom. The fourth-order valence-corrected chi connectivity index (χ4v) is 5.02. The van der Waals surface area contributed by atoms with Crippen LogP contribution in [0.3, 0.4) is 0 Å². The molecule has 3 aromatic rings. The van der Waals surface area contributed by atoms with E-state index in [4.69, 9.17) is 16.4 Å². The maximum Gasteiger partial charge on any atom is 0.250 e. The molecule has 2 aromatic heterocycles. The Labute approximate surface area is 228 Å². The number of nitrogens with zero attached hydrogens (tertiary/aromatic N) is 5. The van der Waals surface area contributed by atoms with Gasteiger partial charge in [0.15, 0.2) is 5.82 Å². The molecule has 0 bridgehead atoms. The molecule has 4 rings (SSSR count). The van der Waals surface area contributed by atoms with Crippen LogP contribution in [-0.2, 0) is 22.7 Å². The van der Waals surface area contributed by atoms with Crippen LogP contribution >= 0.6 is 0 Å². The molecule has 12 heteroatoms. The molecule has 12 nitrogen and oxygen atoms in total. The summed E-state index contributed by atoms with van der Waals surface area (Å²) in [5.41, 5.74) is 9.75. The van der Waals surface area contributed by atoms with Crippen LogP contribution in [0, 0.1) is 0 Å². The van der Waals surface area contributed by atoms with Gasteiger partial charge < -0.3 is 30.4 Å². The second-order valence-electron chi connectivity index (χ2n) is 9.89. The predicted octanol–water partition coefficient (Wildman–Crippen LogP) is 1.57. The Hall–Kier alpha value is -3.45. The minimum Gasteiger partial charge on any atom is -0.496 e. The molecule has 0 aliphatic carbocycles. The summed E-state index contributed by atoms with van der Waals surface area (Å²) in [7, 11) is 1.67. The average Bonchev–Trinajstić information content (AvgIpc) is 3.34. The first-order chi connectivity index (χ1) is 18.9. The summed E-state index contributed by atoms with van der Waals surface area (Å²) in [6.45, 7) is 6.19.